The molecule has 0 atom stereocenters. The highest BCUT2D eigenvalue weighted by Gasteiger charge is 2.23. The predicted octanol–water partition coefficient (Wildman–Crippen LogP) is 2.43. The van der Waals surface area contributed by atoms with Gasteiger partial charge in [-0.3, -0.25) is 0 Å². The number of carbonyl (C=O) groups is 1. The number of benzene rings is 1. The third-order valence-corrected chi connectivity index (χ3v) is 4.69. The Bertz CT molecular complexity index is 575. The molecule has 0 aliphatic carbocycles. The first kappa shape index (κ1) is 16.7. The summed E-state index contributed by atoms with van der Waals surface area (Å²) in [6, 6.07) is 6.27. The summed E-state index contributed by atoms with van der Waals surface area (Å²) in [4.78, 5) is 18.7. The molecule has 2 aliphatic rings. The Hall–Kier alpha value is -2.11. The lowest BCUT2D eigenvalue weighted by molar-refractivity contribution is 0.160. The maximum atomic E-state index is 12.5. The first-order valence-corrected chi connectivity index (χ1v) is 8.91. The van der Waals surface area contributed by atoms with Gasteiger partial charge < -0.3 is 24.2 Å². The van der Waals surface area contributed by atoms with E-state index in [1.54, 1.807) is 0 Å². The highest BCUT2D eigenvalue weighted by molar-refractivity contribution is 5.74. The van der Waals surface area contributed by atoms with Gasteiger partial charge in [0.05, 0.1) is 0 Å². The van der Waals surface area contributed by atoms with Gasteiger partial charge >= 0.3 is 6.03 Å². The topological polar surface area (TPSA) is 45.3 Å². The van der Waals surface area contributed by atoms with Gasteiger partial charge in [0, 0.05) is 51.0 Å². The summed E-state index contributed by atoms with van der Waals surface area (Å²) < 4.78 is 11.3. The zero-order chi connectivity index (χ0) is 16.9. The molecule has 2 heterocycles. The molecule has 0 N–H and O–H groups in total. The third-order valence-electron chi connectivity index (χ3n) is 4.69. The summed E-state index contributed by atoms with van der Waals surface area (Å²) in [6.45, 7) is 10.1. The average Bonchev–Trinajstić information content (AvgIpc) is 2.88. The van der Waals surface area contributed by atoms with Crippen LogP contribution < -0.4 is 14.4 Å². The van der Waals surface area contributed by atoms with Crippen molar-refractivity contribution in [3.8, 4) is 11.5 Å². The van der Waals surface area contributed by atoms with E-state index in [4.69, 9.17) is 9.47 Å². The standard InChI is InChI=1S/C18H27N3O3/c1-3-19(4-2)18(22)21-9-5-8-20(10-11-21)15-6-7-16-17(14-15)24-13-12-23-16/h6-7,14H,3-5,8-13H2,1-2H3. The molecule has 0 spiro atoms. The van der Waals surface area contributed by atoms with Gasteiger partial charge in [0.15, 0.2) is 11.5 Å². The normalized spacial score (nSPS) is 17.4. The summed E-state index contributed by atoms with van der Waals surface area (Å²) in [5.41, 5.74) is 1.14. The number of hydrogen-bond donors (Lipinski definition) is 0. The van der Waals surface area contributed by atoms with E-state index in [0.717, 1.165) is 62.9 Å². The number of amides is 2. The van der Waals surface area contributed by atoms with Crippen molar-refractivity contribution in [3.63, 3.8) is 0 Å². The lowest BCUT2D eigenvalue weighted by Gasteiger charge is -2.29. The van der Waals surface area contributed by atoms with Crippen LogP contribution in [0.5, 0.6) is 11.5 Å². The van der Waals surface area contributed by atoms with Gasteiger partial charge in [0.2, 0.25) is 0 Å². The highest BCUT2D eigenvalue weighted by atomic mass is 16.6. The van der Waals surface area contributed by atoms with E-state index < -0.39 is 0 Å². The van der Waals surface area contributed by atoms with Gasteiger partial charge in [-0.25, -0.2) is 4.79 Å². The lowest BCUT2D eigenvalue weighted by atomic mass is 10.2. The minimum absolute atomic E-state index is 0.157. The number of rotatable bonds is 3. The van der Waals surface area contributed by atoms with Crippen LogP contribution in [-0.2, 0) is 0 Å². The van der Waals surface area contributed by atoms with Crippen molar-refractivity contribution in [1.29, 1.82) is 0 Å². The van der Waals surface area contributed by atoms with Crippen molar-refractivity contribution in [3.05, 3.63) is 18.2 Å². The van der Waals surface area contributed by atoms with Crippen molar-refractivity contribution in [1.82, 2.24) is 9.80 Å². The van der Waals surface area contributed by atoms with Crippen LogP contribution in [0.4, 0.5) is 10.5 Å². The molecular weight excluding hydrogens is 306 g/mol. The van der Waals surface area contributed by atoms with E-state index in [2.05, 4.69) is 17.0 Å². The summed E-state index contributed by atoms with van der Waals surface area (Å²) in [7, 11) is 0. The SMILES string of the molecule is CCN(CC)C(=O)N1CCCN(c2ccc3c(c2)OCCO3)CC1. The number of urea groups is 1. The Labute approximate surface area is 143 Å². The van der Waals surface area contributed by atoms with Crippen molar-refractivity contribution in [2.45, 2.75) is 20.3 Å². The van der Waals surface area contributed by atoms with Crippen molar-refractivity contribution < 1.29 is 14.3 Å². The van der Waals surface area contributed by atoms with Gasteiger partial charge in [0.1, 0.15) is 13.2 Å². The van der Waals surface area contributed by atoms with Crippen LogP contribution in [0.1, 0.15) is 20.3 Å². The number of ether oxygens (including phenoxy) is 2. The Balaban J connectivity index is 1.66. The van der Waals surface area contributed by atoms with Gasteiger partial charge in [-0.2, -0.15) is 0 Å². The van der Waals surface area contributed by atoms with Crippen LogP contribution in [0.15, 0.2) is 18.2 Å². The molecule has 0 bridgehead atoms. The molecule has 0 aromatic heterocycles. The molecular formula is C18H27N3O3. The molecule has 24 heavy (non-hydrogen) atoms. The van der Waals surface area contributed by atoms with E-state index >= 15 is 0 Å². The van der Waals surface area contributed by atoms with E-state index in [1.165, 1.54) is 0 Å². The first-order valence-electron chi connectivity index (χ1n) is 8.91. The van der Waals surface area contributed by atoms with Crippen LogP contribution in [0.25, 0.3) is 0 Å². The zero-order valence-corrected chi connectivity index (χ0v) is 14.7. The number of fused-ring (bicyclic) bond motifs is 1. The molecule has 3 rings (SSSR count). The molecule has 2 aliphatic heterocycles. The Morgan fingerprint density at radius 3 is 2.54 bits per heavy atom. The molecule has 6 nitrogen and oxygen atoms in total. The maximum Gasteiger partial charge on any atom is 0.320 e. The quantitative estimate of drug-likeness (QED) is 0.852. The number of carbonyl (C=O) groups excluding carboxylic acids is 1. The Kier molecular flexibility index (Phi) is 5.33. The molecule has 1 saturated heterocycles. The van der Waals surface area contributed by atoms with Crippen LogP contribution >= 0.6 is 0 Å². The first-order chi connectivity index (χ1) is 11.7. The smallest absolute Gasteiger partial charge is 0.320 e. The Morgan fingerprint density at radius 1 is 1.04 bits per heavy atom. The molecule has 0 radical (unpaired) electrons. The van der Waals surface area contributed by atoms with Crippen LogP contribution in [0.3, 0.4) is 0 Å². The molecule has 132 valence electrons. The van der Waals surface area contributed by atoms with Crippen molar-refractivity contribution >= 4 is 11.7 Å². The number of anilines is 1. The van der Waals surface area contributed by atoms with Crippen LogP contribution in [0.2, 0.25) is 0 Å². The van der Waals surface area contributed by atoms with Gasteiger partial charge in [-0.15, -0.1) is 0 Å². The monoisotopic (exact) mass is 333 g/mol. The van der Waals surface area contributed by atoms with E-state index in [9.17, 15) is 4.79 Å². The number of nitrogens with zero attached hydrogens (tertiary/aromatic N) is 3. The second-order valence-electron chi connectivity index (χ2n) is 6.11. The molecule has 6 heteroatoms. The third kappa shape index (κ3) is 3.52. The van der Waals surface area contributed by atoms with Gasteiger partial charge in [-0.05, 0) is 32.4 Å². The summed E-state index contributed by atoms with van der Waals surface area (Å²) in [5, 5.41) is 0. The predicted molar refractivity (Wildman–Crippen MR) is 94.2 cm³/mol. The van der Waals surface area contributed by atoms with Crippen molar-refractivity contribution in [2.75, 3.05) is 57.4 Å². The summed E-state index contributed by atoms with van der Waals surface area (Å²) in [5.74, 6) is 1.64. The minimum Gasteiger partial charge on any atom is -0.486 e. The minimum atomic E-state index is 0.157. The highest BCUT2D eigenvalue weighted by Crippen LogP contribution is 2.34. The average molecular weight is 333 g/mol. The van der Waals surface area contributed by atoms with E-state index in [1.807, 2.05) is 29.7 Å². The second kappa shape index (κ2) is 7.64. The summed E-state index contributed by atoms with van der Waals surface area (Å²) >= 11 is 0. The Morgan fingerprint density at radius 2 is 1.79 bits per heavy atom. The molecule has 1 aromatic carbocycles. The summed E-state index contributed by atoms with van der Waals surface area (Å²) in [6.07, 6.45) is 0.974. The fourth-order valence-electron chi connectivity index (χ4n) is 3.29. The molecule has 1 fully saturated rings. The fraction of sp³-hybridized carbons (Fsp3) is 0.611. The van der Waals surface area contributed by atoms with Crippen LogP contribution in [0, 0.1) is 0 Å². The van der Waals surface area contributed by atoms with Crippen molar-refractivity contribution in [2.24, 2.45) is 0 Å². The van der Waals surface area contributed by atoms with Gasteiger partial charge in [0.25, 0.3) is 0 Å². The molecule has 0 unspecified atom stereocenters. The second-order valence-corrected chi connectivity index (χ2v) is 6.11. The zero-order valence-electron chi connectivity index (χ0n) is 14.7. The molecule has 2 amide bonds. The van der Waals surface area contributed by atoms with E-state index in [-0.39, 0.29) is 6.03 Å². The van der Waals surface area contributed by atoms with E-state index in [0.29, 0.717) is 13.2 Å². The number of hydrogen-bond acceptors (Lipinski definition) is 4. The maximum absolute atomic E-state index is 12.5. The lowest BCUT2D eigenvalue weighted by Crippen LogP contribution is -2.44. The van der Waals surface area contributed by atoms with Gasteiger partial charge in [-0.1, -0.05) is 0 Å². The largest absolute Gasteiger partial charge is 0.486 e. The molecule has 0 saturated carbocycles. The fourth-order valence-corrected chi connectivity index (χ4v) is 3.29. The molecule has 1 aromatic rings. The van der Waals surface area contributed by atoms with Crippen LogP contribution in [-0.4, -0.2) is 68.3 Å².